The number of hydrogen-bond donors (Lipinski definition) is 2. The molecule has 2 aromatic rings. The zero-order valence-corrected chi connectivity index (χ0v) is 11.4. The highest BCUT2D eigenvalue weighted by Crippen LogP contribution is 2.19. The smallest absolute Gasteiger partial charge is 0.282 e. The zero-order valence-electron chi connectivity index (χ0n) is 9.81. The van der Waals surface area contributed by atoms with Gasteiger partial charge in [0.05, 0.1) is 16.3 Å². The van der Waals surface area contributed by atoms with E-state index in [1.807, 2.05) is 12.3 Å². The Morgan fingerprint density at radius 3 is 2.53 bits per heavy atom. The minimum Gasteiger partial charge on any atom is -0.282 e. The fourth-order valence-corrected chi connectivity index (χ4v) is 2.31. The molecule has 0 bridgehead atoms. The van der Waals surface area contributed by atoms with E-state index in [1.54, 1.807) is 0 Å². The van der Waals surface area contributed by atoms with Crippen molar-refractivity contribution in [2.24, 2.45) is 10.3 Å². The van der Waals surface area contributed by atoms with Gasteiger partial charge >= 0.3 is 0 Å². The molecule has 0 aliphatic rings. The second-order valence-electron chi connectivity index (χ2n) is 3.58. The molecule has 0 unspecified atom stereocenters. The van der Waals surface area contributed by atoms with Crippen LogP contribution in [0.2, 0.25) is 0 Å². The molecule has 0 aliphatic heterocycles. The van der Waals surface area contributed by atoms with Crippen molar-refractivity contribution in [3.8, 4) is 0 Å². The predicted octanol–water partition coefficient (Wildman–Crippen LogP) is 2.81. The predicted molar refractivity (Wildman–Crippen MR) is 71.2 cm³/mol. The molecule has 0 fully saturated rings. The van der Waals surface area contributed by atoms with Crippen molar-refractivity contribution in [2.45, 2.75) is 11.8 Å². The first kappa shape index (κ1) is 13.6. The minimum absolute atomic E-state index is 0.175. The van der Waals surface area contributed by atoms with Crippen LogP contribution in [0.5, 0.6) is 0 Å². The van der Waals surface area contributed by atoms with Crippen LogP contribution >= 0.6 is 11.3 Å². The number of thiazole rings is 1. The maximum atomic E-state index is 10.8. The third kappa shape index (κ3) is 3.81. The highest BCUT2D eigenvalue weighted by Gasteiger charge is 2.07. The maximum absolute atomic E-state index is 10.8. The number of aryl methyl sites for hydroxylation is 1. The molecule has 7 nitrogen and oxygen atoms in total. The van der Waals surface area contributed by atoms with E-state index < -0.39 is 10.1 Å². The highest BCUT2D eigenvalue weighted by molar-refractivity contribution is 7.85. The summed E-state index contributed by atoms with van der Waals surface area (Å²) >= 11 is 1.37. The molecule has 1 aromatic heterocycles. The Balaban J connectivity index is 2.02. The van der Waals surface area contributed by atoms with Gasteiger partial charge in [-0.15, -0.1) is 16.5 Å². The average molecular weight is 298 g/mol. The van der Waals surface area contributed by atoms with E-state index in [1.165, 1.54) is 35.6 Å². The van der Waals surface area contributed by atoms with Crippen LogP contribution in [0.4, 0.5) is 10.8 Å². The van der Waals surface area contributed by atoms with E-state index in [2.05, 4.69) is 20.7 Å². The highest BCUT2D eigenvalue weighted by atomic mass is 32.2. The summed E-state index contributed by atoms with van der Waals surface area (Å²) in [6.07, 6.45) is 0. The zero-order chi connectivity index (χ0) is 13.9. The summed E-state index contributed by atoms with van der Waals surface area (Å²) < 4.78 is 30.5. The molecule has 2 rings (SSSR count). The molecule has 0 atom stereocenters. The summed E-state index contributed by atoms with van der Waals surface area (Å²) in [5, 5.41) is 9.96. The third-order valence-electron chi connectivity index (χ3n) is 2.07. The molecule has 19 heavy (non-hydrogen) atoms. The van der Waals surface area contributed by atoms with Gasteiger partial charge < -0.3 is 0 Å². The Morgan fingerprint density at radius 1 is 1.32 bits per heavy atom. The van der Waals surface area contributed by atoms with Crippen molar-refractivity contribution in [3.05, 3.63) is 35.3 Å². The van der Waals surface area contributed by atoms with Gasteiger partial charge in [-0.2, -0.15) is 8.42 Å². The number of aromatic nitrogens is 1. The van der Waals surface area contributed by atoms with Gasteiger partial charge in [0.1, 0.15) is 0 Å². The molecular weight excluding hydrogens is 288 g/mol. The van der Waals surface area contributed by atoms with Gasteiger partial charge in [-0.3, -0.25) is 9.98 Å². The number of benzene rings is 1. The Morgan fingerprint density at radius 2 is 2.00 bits per heavy atom. The lowest BCUT2D eigenvalue weighted by Crippen LogP contribution is -1.97. The molecule has 0 spiro atoms. The van der Waals surface area contributed by atoms with E-state index in [9.17, 15) is 8.42 Å². The molecule has 2 N–H and O–H groups in total. The van der Waals surface area contributed by atoms with Crippen LogP contribution in [0.1, 0.15) is 5.69 Å². The third-order valence-corrected chi connectivity index (χ3v) is 3.78. The molecule has 1 aromatic carbocycles. The van der Waals surface area contributed by atoms with Crippen LogP contribution in [0.3, 0.4) is 0 Å². The summed E-state index contributed by atoms with van der Waals surface area (Å²) in [5.41, 5.74) is 4.05. The van der Waals surface area contributed by atoms with Crippen LogP contribution < -0.4 is 5.43 Å². The molecule has 0 saturated heterocycles. The first-order valence-corrected chi connectivity index (χ1v) is 7.43. The van der Waals surface area contributed by atoms with Crippen molar-refractivity contribution >= 4 is 32.3 Å². The Hall–Kier alpha value is -1.84. The van der Waals surface area contributed by atoms with Gasteiger partial charge in [0.25, 0.3) is 10.1 Å². The number of nitrogens with zero attached hydrogens (tertiary/aromatic N) is 3. The van der Waals surface area contributed by atoms with Crippen molar-refractivity contribution in [3.63, 3.8) is 0 Å². The van der Waals surface area contributed by atoms with Crippen molar-refractivity contribution in [1.82, 2.24) is 4.98 Å². The molecule has 0 amide bonds. The van der Waals surface area contributed by atoms with E-state index >= 15 is 0 Å². The topological polar surface area (TPSA) is 104 Å². The molecular formula is C10H10N4O3S2. The van der Waals surface area contributed by atoms with Crippen molar-refractivity contribution in [1.29, 1.82) is 0 Å². The lowest BCUT2D eigenvalue weighted by atomic mass is 10.3. The van der Waals surface area contributed by atoms with Crippen LogP contribution in [0, 0.1) is 6.92 Å². The van der Waals surface area contributed by atoms with Gasteiger partial charge in [-0.1, -0.05) is 5.22 Å². The van der Waals surface area contributed by atoms with Crippen LogP contribution in [-0.4, -0.2) is 18.0 Å². The standard InChI is InChI=1S/C10H10N4O3S2/c1-7-6-18-10(11-7)13-14-12-8-2-4-9(5-3-8)19(15,16)17/h2-6H,1H3,(H,11,12,13)(H,15,16,17). The maximum Gasteiger partial charge on any atom is 0.294 e. The Kier molecular flexibility index (Phi) is 3.88. The lowest BCUT2D eigenvalue weighted by molar-refractivity contribution is 0.483. The van der Waals surface area contributed by atoms with Gasteiger partial charge in [0, 0.05) is 5.38 Å². The average Bonchev–Trinajstić information content (AvgIpc) is 2.75. The van der Waals surface area contributed by atoms with Crippen LogP contribution in [0.25, 0.3) is 0 Å². The molecule has 0 aliphatic carbocycles. The molecule has 0 radical (unpaired) electrons. The van der Waals surface area contributed by atoms with E-state index in [0.717, 1.165) is 5.69 Å². The van der Waals surface area contributed by atoms with E-state index in [4.69, 9.17) is 4.55 Å². The number of nitrogens with one attached hydrogen (secondary N) is 1. The molecule has 9 heteroatoms. The molecule has 0 saturated carbocycles. The van der Waals surface area contributed by atoms with Crippen LogP contribution in [0.15, 0.2) is 44.9 Å². The normalized spacial score (nSPS) is 11.9. The monoisotopic (exact) mass is 298 g/mol. The minimum atomic E-state index is -4.17. The van der Waals surface area contributed by atoms with Gasteiger partial charge in [-0.25, -0.2) is 4.98 Å². The first-order chi connectivity index (χ1) is 8.95. The number of hydrogen-bond acceptors (Lipinski definition) is 6. The fourth-order valence-electron chi connectivity index (χ4n) is 1.21. The summed E-state index contributed by atoms with van der Waals surface area (Å²) in [6, 6.07) is 5.46. The summed E-state index contributed by atoms with van der Waals surface area (Å²) in [4.78, 5) is 3.92. The summed E-state index contributed by atoms with van der Waals surface area (Å²) in [7, 11) is -4.17. The number of rotatable bonds is 4. The van der Waals surface area contributed by atoms with Crippen LogP contribution in [-0.2, 0) is 10.1 Å². The van der Waals surface area contributed by atoms with Gasteiger partial charge in [0.15, 0.2) is 0 Å². The summed E-state index contributed by atoms with van der Waals surface area (Å²) in [6.45, 7) is 1.86. The Labute approximate surface area is 113 Å². The second kappa shape index (κ2) is 5.43. The van der Waals surface area contributed by atoms with Gasteiger partial charge in [-0.05, 0) is 31.2 Å². The molecule has 100 valence electrons. The first-order valence-electron chi connectivity index (χ1n) is 5.11. The van der Waals surface area contributed by atoms with E-state index in [-0.39, 0.29) is 4.90 Å². The SMILES string of the molecule is Cc1csc(/N=N/Nc2ccc(S(=O)(=O)O)cc2)n1. The summed E-state index contributed by atoms with van der Waals surface area (Å²) in [5.74, 6) is 0. The second-order valence-corrected chi connectivity index (χ2v) is 5.84. The van der Waals surface area contributed by atoms with E-state index in [0.29, 0.717) is 10.8 Å². The largest absolute Gasteiger partial charge is 0.294 e. The van der Waals surface area contributed by atoms with Crippen molar-refractivity contribution in [2.75, 3.05) is 5.43 Å². The Bertz CT molecular complexity index is 692. The van der Waals surface area contributed by atoms with Crippen molar-refractivity contribution < 1.29 is 13.0 Å². The molecule has 1 heterocycles. The number of anilines is 1. The lowest BCUT2D eigenvalue weighted by Gasteiger charge is -1.99. The quantitative estimate of drug-likeness (QED) is 0.513. The van der Waals surface area contributed by atoms with Gasteiger partial charge in [0.2, 0.25) is 5.13 Å². The fraction of sp³-hybridized carbons (Fsp3) is 0.100.